The Labute approximate surface area is 183 Å². The Morgan fingerprint density at radius 2 is 1.72 bits per heavy atom. The van der Waals surface area contributed by atoms with Crippen LogP contribution in [0.2, 0.25) is 10.0 Å². The first kappa shape index (κ1) is 23.2. The fourth-order valence-electron chi connectivity index (χ4n) is 2.96. The number of aryl methyl sites for hydroxylation is 1. The van der Waals surface area contributed by atoms with Crippen molar-refractivity contribution in [2.75, 3.05) is 0 Å². The van der Waals surface area contributed by atoms with Crippen molar-refractivity contribution in [3.63, 3.8) is 0 Å². The van der Waals surface area contributed by atoms with Gasteiger partial charge >= 0.3 is 0 Å². The summed E-state index contributed by atoms with van der Waals surface area (Å²) < 4.78 is 0. The molecule has 0 unspecified atom stereocenters. The van der Waals surface area contributed by atoms with Gasteiger partial charge in [0, 0.05) is 22.1 Å². The molecule has 0 aliphatic rings. The van der Waals surface area contributed by atoms with E-state index >= 15 is 0 Å². The molecule has 29 heavy (non-hydrogen) atoms. The minimum atomic E-state index is -0.655. The van der Waals surface area contributed by atoms with Crippen LogP contribution in [0.3, 0.4) is 0 Å². The number of nitrogens with zero attached hydrogens (tertiary/aromatic N) is 1. The van der Waals surface area contributed by atoms with Crippen LogP contribution in [0.15, 0.2) is 42.5 Å². The van der Waals surface area contributed by atoms with Gasteiger partial charge in [0.05, 0.1) is 6.42 Å². The summed E-state index contributed by atoms with van der Waals surface area (Å²) in [7, 11) is 0. The van der Waals surface area contributed by atoms with Crippen molar-refractivity contribution in [2.45, 2.75) is 59.2 Å². The number of hydrogen-bond donors (Lipinski definition) is 1. The van der Waals surface area contributed by atoms with E-state index in [1.165, 1.54) is 0 Å². The molecule has 4 nitrogen and oxygen atoms in total. The predicted octanol–water partition coefficient (Wildman–Crippen LogP) is 5.18. The molecule has 0 aliphatic carbocycles. The standard InChI is InChI=1S/C23H28Cl2N2O2/c1-15-8-6-7-9-17(15)12-21(28)27(16(2)22(29)26-23(3,4)5)14-18-10-11-19(24)13-20(18)25/h6-11,13,16H,12,14H2,1-5H3,(H,26,29)/t16-/m0/s1. The maximum Gasteiger partial charge on any atom is 0.242 e. The molecule has 1 atom stereocenters. The van der Waals surface area contributed by atoms with Crippen molar-refractivity contribution < 1.29 is 9.59 Å². The lowest BCUT2D eigenvalue weighted by Crippen LogP contribution is -2.52. The quantitative estimate of drug-likeness (QED) is 0.680. The highest BCUT2D eigenvalue weighted by Crippen LogP contribution is 2.24. The van der Waals surface area contributed by atoms with Gasteiger partial charge in [-0.25, -0.2) is 0 Å². The van der Waals surface area contributed by atoms with Crippen molar-refractivity contribution in [2.24, 2.45) is 0 Å². The zero-order valence-corrected chi connectivity index (χ0v) is 19.1. The van der Waals surface area contributed by atoms with Crippen LogP contribution in [0.4, 0.5) is 0 Å². The van der Waals surface area contributed by atoms with Crippen LogP contribution in [-0.2, 0) is 22.6 Å². The number of hydrogen-bond acceptors (Lipinski definition) is 2. The van der Waals surface area contributed by atoms with Gasteiger partial charge in [-0.15, -0.1) is 0 Å². The zero-order valence-electron chi connectivity index (χ0n) is 17.6. The molecule has 0 bridgehead atoms. The summed E-state index contributed by atoms with van der Waals surface area (Å²) in [5, 5.41) is 3.94. The first-order chi connectivity index (χ1) is 13.5. The van der Waals surface area contributed by atoms with Crippen molar-refractivity contribution >= 4 is 35.0 Å². The maximum absolute atomic E-state index is 13.2. The molecule has 0 saturated heterocycles. The summed E-state index contributed by atoms with van der Waals surface area (Å²) in [5.41, 5.74) is 2.32. The number of amides is 2. The number of rotatable bonds is 6. The van der Waals surface area contributed by atoms with E-state index in [0.717, 1.165) is 16.7 Å². The Morgan fingerprint density at radius 1 is 1.07 bits per heavy atom. The van der Waals surface area contributed by atoms with Crippen LogP contribution in [0.5, 0.6) is 0 Å². The molecule has 6 heteroatoms. The van der Waals surface area contributed by atoms with E-state index in [1.54, 1.807) is 30.0 Å². The van der Waals surface area contributed by atoms with Gasteiger partial charge in [0.15, 0.2) is 0 Å². The predicted molar refractivity (Wildman–Crippen MR) is 119 cm³/mol. The lowest BCUT2D eigenvalue weighted by atomic mass is 10.0. The molecule has 2 aromatic rings. The Kier molecular flexibility index (Phi) is 7.73. The fraction of sp³-hybridized carbons (Fsp3) is 0.391. The van der Waals surface area contributed by atoms with E-state index in [4.69, 9.17) is 23.2 Å². The highest BCUT2D eigenvalue weighted by atomic mass is 35.5. The summed E-state index contributed by atoms with van der Waals surface area (Å²) in [6, 6.07) is 12.2. The van der Waals surface area contributed by atoms with Gasteiger partial charge in [0.25, 0.3) is 0 Å². The van der Waals surface area contributed by atoms with Crippen LogP contribution in [-0.4, -0.2) is 28.3 Å². The summed E-state index contributed by atoms with van der Waals surface area (Å²) in [4.78, 5) is 27.6. The second kappa shape index (κ2) is 9.64. The molecule has 0 saturated carbocycles. The van der Waals surface area contributed by atoms with Crippen LogP contribution in [0, 0.1) is 6.92 Å². The SMILES string of the molecule is Cc1ccccc1CC(=O)N(Cc1ccc(Cl)cc1Cl)[C@@H](C)C(=O)NC(C)(C)C. The zero-order chi connectivity index (χ0) is 21.8. The van der Waals surface area contributed by atoms with Gasteiger partial charge in [0.1, 0.15) is 6.04 Å². The molecule has 0 radical (unpaired) electrons. The first-order valence-corrected chi connectivity index (χ1v) is 10.3. The third kappa shape index (κ3) is 6.76. The summed E-state index contributed by atoms with van der Waals surface area (Å²) in [6.07, 6.45) is 0.213. The smallest absolute Gasteiger partial charge is 0.242 e. The maximum atomic E-state index is 13.2. The molecule has 2 amide bonds. The van der Waals surface area contributed by atoms with Gasteiger partial charge in [-0.05, 0) is 63.4 Å². The summed E-state index contributed by atoms with van der Waals surface area (Å²) >= 11 is 12.3. The van der Waals surface area contributed by atoms with Crippen LogP contribution < -0.4 is 5.32 Å². The Hall–Kier alpha value is -2.04. The molecule has 0 fully saturated rings. The minimum absolute atomic E-state index is 0.137. The van der Waals surface area contributed by atoms with E-state index in [-0.39, 0.29) is 24.8 Å². The highest BCUT2D eigenvalue weighted by molar-refractivity contribution is 6.35. The molecule has 0 heterocycles. The Bertz CT molecular complexity index is 891. The average molecular weight is 435 g/mol. The fourth-order valence-corrected chi connectivity index (χ4v) is 3.43. The monoisotopic (exact) mass is 434 g/mol. The van der Waals surface area contributed by atoms with Crippen molar-refractivity contribution in [3.05, 3.63) is 69.2 Å². The van der Waals surface area contributed by atoms with Gasteiger partial charge in [-0.1, -0.05) is 53.5 Å². The molecule has 1 N–H and O–H groups in total. The lowest BCUT2D eigenvalue weighted by Gasteiger charge is -2.32. The third-order valence-electron chi connectivity index (χ3n) is 4.62. The van der Waals surface area contributed by atoms with E-state index < -0.39 is 11.6 Å². The molecule has 2 aromatic carbocycles. The van der Waals surface area contributed by atoms with Gasteiger partial charge < -0.3 is 10.2 Å². The van der Waals surface area contributed by atoms with Crippen molar-refractivity contribution in [1.29, 1.82) is 0 Å². The Balaban J connectivity index is 2.32. The number of nitrogens with one attached hydrogen (secondary N) is 1. The number of halogens is 2. The van der Waals surface area contributed by atoms with E-state index in [9.17, 15) is 9.59 Å². The number of carbonyl (C=O) groups excluding carboxylic acids is 2. The van der Waals surface area contributed by atoms with Gasteiger partial charge in [-0.2, -0.15) is 0 Å². The molecule has 0 spiro atoms. The lowest BCUT2D eigenvalue weighted by molar-refractivity contribution is -0.140. The highest BCUT2D eigenvalue weighted by Gasteiger charge is 2.29. The van der Waals surface area contributed by atoms with Crippen LogP contribution in [0.25, 0.3) is 0 Å². The summed E-state index contributed by atoms with van der Waals surface area (Å²) in [6.45, 7) is 9.66. The minimum Gasteiger partial charge on any atom is -0.350 e. The first-order valence-electron chi connectivity index (χ1n) is 9.58. The largest absolute Gasteiger partial charge is 0.350 e. The average Bonchev–Trinajstić information content (AvgIpc) is 2.61. The van der Waals surface area contributed by atoms with Gasteiger partial charge in [-0.3, -0.25) is 9.59 Å². The molecule has 2 rings (SSSR count). The van der Waals surface area contributed by atoms with Crippen molar-refractivity contribution in [1.82, 2.24) is 10.2 Å². The molecule has 0 aromatic heterocycles. The van der Waals surface area contributed by atoms with Crippen LogP contribution in [0.1, 0.15) is 44.4 Å². The van der Waals surface area contributed by atoms with E-state index in [2.05, 4.69) is 5.32 Å². The van der Waals surface area contributed by atoms with E-state index in [1.807, 2.05) is 52.0 Å². The van der Waals surface area contributed by atoms with Gasteiger partial charge in [0.2, 0.25) is 11.8 Å². The molecular formula is C23H28Cl2N2O2. The molecular weight excluding hydrogens is 407 g/mol. The third-order valence-corrected chi connectivity index (χ3v) is 5.21. The number of benzene rings is 2. The van der Waals surface area contributed by atoms with E-state index in [0.29, 0.717) is 10.0 Å². The second-order valence-corrected chi connectivity index (χ2v) is 9.12. The summed E-state index contributed by atoms with van der Waals surface area (Å²) in [5.74, 6) is -0.345. The molecule has 156 valence electrons. The molecule has 0 aliphatic heterocycles. The normalized spacial score (nSPS) is 12.4. The number of carbonyl (C=O) groups is 2. The van der Waals surface area contributed by atoms with Crippen molar-refractivity contribution in [3.8, 4) is 0 Å². The topological polar surface area (TPSA) is 49.4 Å². The van der Waals surface area contributed by atoms with Crippen LogP contribution >= 0.6 is 23.2 Å². The second-order valence-electron chi connectivity index (χ2n) is 8.28. The Morgan fingerprint density at radius 3 is 2.31 bits per heavy atom.